The fourth-order valence-electron chi connectivity index (χ4n) is 1.95. The minimum Gasteiger partial charge on any atom is -0.496 e. The first-order chi connectivity index (χ1) is 9.74. The summed E-state index contributed by atoms with van der Waals surface area (Å²) in [5, 5.41) is 11.5. The molecule has 5 nitrogen and oxygen atoms in total. The van der Waals surface area contributed by atoms with Crippen molar-refractivity contribution in [2.75, 3.05) is 20.2 Å². The van der Waals surface area contributed by atoms with E-state index in [9.17, 15) is 0 Å². The summed E-state index contributed by atoms with van der Waals surface area (Å²) in [6.45, 7) is 6.02. The Balaban J connectivity index is 2.10. The molecule has 2 aromatic rings. The fraction of sp³-hybridized carbons (Fsp3) is 0.467. The van der Waals surface area contributed by atoms with Gasteiger partial charge in [-0.2, -0.15) is 0 Å². The van der Waals surface area contributed by atoms with Crippen molar-refractivity contribution in [3.63, 3.8) is 0 Å². The molecule has 1 N–H and O–H groups in total. The van der Waals surface area contributed by atoms with Crippen molar-refractivity contribution < 1.29 is 9.15 Å². The van der Waals surface area contributed by atoms with Gasteiger partial charge in [-0.1, -0.05) is 18.6 Å². The van der Waals surface area contributed by atoms with Crippen LogP contribution in [-0.4, -0.2) is 30.4 Å². The van der Waals surface area contributed by atoms with Gasteiger partial charge in [0.25, 0.3) is 5.89 Å². The number of hydrogen-bond acceptors (Lipinski definition) is 5. The number of hydrogen-bond donors (Lipinski definition) is 1. The number of nitrogens with zero attached hydrogens (tertiary/aromatic N) is 2. The van der Waals surface area contributed by atoms with Crippen molar-refractivity contribution >= 4 is 0 Å². The highest BCUT2D eigenvalue weighted by Crippen LogP contribution is 2.29. The largest absolute Gasteiger partial charge is 0.496 e. The Kier molecular flexibility index (Phi) is 5.12. The van der Waals surface area contributed by atoms with E-state index in [4.69, 9.17) is 9.15 Å². The lowest BCUT2D eigenvalue weighted by Gasteiger charge is -2.05. The van der Waals surface area contributed by atoms with Gasteiger partial charge in [-0.15, -0.1) is 10.2 Å². The molecule has 0 radical (unpaired) electrons. The van der Waals surface area contributed by atoms with Crippen LogP contribution in [0, 0.1) is 6.92 Å². The molecule has 1 aromatic carbocycles. The minimum atomic E-state index is 0.510. The molecule has 0 spiro atoms. The molecule has 0 bridgehead atoms. The zero-order valence-electron chi connectivity index (χ0n) is 12.3. The maximum atomic E-state index is 5.71. The van der Waals surface area contributed by atoms with E-state index < -0.39 is 0 Å². The first-order valence-electron chi connectivity index (χ1n) is 6.92. The Morgan fingerprint density at radius 3 is 2.85 bits per heavy atom. The van der Waals surface area contributed by atoms with Gasteiger partial charge in [-0.25, -0.2) is 0 Å². The number of benzene rings is 1. The van der Waals surface area contributed by atoms with Crippen LogP contribution in [-0.2, 0) is 6.42 Å². The Hall–Kier alpha value is -1.88. The number of nitrogens with one attached hydrogen (secondary N) is 1. The third-order valence-corrected chi connectivity index (χ3v) is 2.99. The fourth-order valence-corrected chi connectivity index (χ4v) is 1.95. The summed E-state index contributed by atoms with van der Waals surface area (Å²) in [5.74, 6) is 1.90. The highest BCUT2D eigenvalue weighted by Gasteiger charge is 2.13. The van der Waals surface area contributed by atoms with Gasteiger partial charge in [-0.3, -0.25) is 0 Å². The summed E-state index contributed by atoms with van der Waals surface area (Å²) < 4.78 is 11.0. The van der Waals surface area contributed by atoms with Crippen LogP contribution in [0.4, 0.5) is 0 Å². The second kappa shape index (κ2) is 7.05. The predicted octanol–water partition coefficient (Wildman–Crippen LogP) is 2.60. The van der Waals surface area contributed by atoms with E-state index in [1.54, 1.807) is 7.11 Å². The van der Waals surface area contributed by atoms with E-state index in [0.717, 1.165) is 42.8 Å². The monoisotopic (exact) mass is 275 g/mol. The van der Waals surface area contributed by atoms with E-state index in [1.807, 2.05) is 25.1 Å². The molecule has 0 saturated heterocycles. The Morgan fingerprint density at radius 1 is 1.25 bits per heavy atom. The molecule has 0 aliphatic rings. The van der Waals surface area contributed by atoms with Gasteiger partial charge in [0.05, 0.1) is 12.7 Å². The lowest BCUT2D eigenvalue weighted by atomic mass is 10.1. The van der Waals surface area contributed by atoms with Crippen LogP contribution >= 0.6 is 0 Å². The molecule has 0 aliphatic carbocycles. The normalized spacial score (nSPS) is 10.8. The lowest BCUT2D eigenvalue weighted by molar-refractivity contribution is 0.413. The first-order valence-corrected chi connectivity index (χ1v) is 6.92. The van der Waals surface area contributed by atoms with Crippen LogP contribution < -0.4 is 10.1 Å². The standard InChI is InChI=1S/C15H21N3O2/c1-4-8-16-9-7-14-17-18-15(20-14)12-10-11(2)5-6-13(12)19-3/h5-6,10,16H,4,7-9H2,1-3H3. The molecule has 0 amide bonds. The molecule has 5 heteroatoms. The van der Waals surface area contributed by atoms with Crippen LogP contribution in [0.15, 0.2) is 22.6 Å². The topological polar surface area (TPSA) is 60.2 Å². The zero-order chi connectivity index (χ0) is 14.4. The molecule has 0 saturated carbocycles. The molecular weight excluding hydrogens is 254 g/mol. The van der Waals surface area contributed by atoms with Crippen LogP contribution in [0.5, 0.6) is 5.75 Å². The van der Waals surface area contributed by atoms with Crippen LogP contribution in [0.25, 0.3) is 11.5 Å². The van der Waals surface area contributed by atoms with Crippen molar-refractivity contribution in [3.8, 4) is 17.2 Å². The van der Waals surface area contributed by atoms with E-state index in [0.29, 0.717) is 11.8 Å². The second-order valence-electron chi connectivity index (χ2n) is 4.70. The summed E-state index contributed by atoms with van der Waals surface area (Å²) in [5.41, 5.74) is 1.97. The number of ether oxygens (including phenoxy) is 1. The van der Waals surface area contributed by atoms with Gasteiger partial charge < -0.3 is 14.5 Å². The molecule has 1 aromatic heterocycles. The van der Waals surface area contributed by atoms with Crippen molar-refractivity contribution in [1.82, 2.24) is 15.5 Å². The van der Waals surface area contributed by atoms with E-state index in [1.165, 1.54) is 0 Å². The molecule has 1 heterocycles. The van der Waals surface area contributed by atoms with Gasteiger partial charge in [0.2, 0.25) is 5.89 Å². The van der Waals surface area contributed by atoms with Crippen LogP contribution in [0.2, 0.25) is 0 Å². The molecule has 108 valence electrons. The maximum Gasteiger partial charge on any atom is 0.251 e. The van der Waals surface area contributed by atoms with Crippen molar-refractivity contribution in [3.05, 3.63) is 29.7 Å². The third-order valence-electron chi connectivity index (χ3n) is 2.99. The first kappa shape index (κ1) is 14.5. The highest BCUT2D eigenvalue weighted by molar-refractivity contribution is 5.63. The molecule has 20 heavy (non-hydrogen) atoms. The number of aryl methyl sites for hydroxylation is 1. The number of aromatic nitrogens is 2. The van der Waals surface area contributed by atoms with Crippen LogP contribution in [0.3, 0.4) is 0 Å². The highest BCUT2D eigenvalue weighted by atomic mass is 16.5. The van der Waals surface area contributed by atoms with Gasteiger partial charge in [0, 0.05) is 13.0 Å². The maximum absolute atomic E-state index is 5.71. The second-order valence-corrected chi connectivity index (χ2v) is 4.70. The minimum absolute atomic E-state index is 0.510. The smallest absolute Gasteiger partial charge is 0.251 e. The van der Waals surface area contributed by atoms with Crippen LogP contribution in [0.1, 0.15) is 24.8 Å². The summed E-state index contributed by atoms with van der Waals surface area (Å²) in [7, 11) is 1.64. The zero-order valence-corrected chi connectivity index (χ0v) is 12.3. The molecule has 2 rings (SSSR count). The Bertz CT molecular complexity index is 552. The van der Waals surface area contributed by atoms with E-state index in [-0.39, 0.29) is 0 Å². The van der Waals surface area contributed by atoms with E-state index in [2.05, 4.69) is 22.4 Å². The van der Waals surface area contributed by atoms with Gasteiger partial charge in [0.15, 0.2) is 0 Å². The van der Waals surface area contributed by atoms with Crippen molar-refractivity contribution in [2.45, 2.75) is 26.7 Å². The quantitative estimate of drug-likeness (QED) is 0.787. The van der Waals surface area contributed by atoms with Gasteiger partial charge >= 0.3 is 0 Å². The average molecular weight is 275 g/mol. The average Bonchev–Trinajstić information content (AvgIpc) is 2.92. The number of methoxy groups -OCH3 is 1. The molecule has 0 unspecified atom stereocenters. The van der Waals surface area contributed by atoms with Crippen molar-refractivity contribution in [2.24, 2.45) is 0 Å². The summed E-state index contributed by atoms with van der Waals surface area (Å²) in [4.78, 5) is 0. The molecule has 0 atom stereocenters. The SMILES string of the molecule is CCCNCCc1nnc(-c2cc(C)ccc2OC)o1. The lowest BCUT2D eigenvalue weighted by Crippen LogP contribution is -2.17. The molecule has 0 aliphatic heterocycles. The predicted molar refractivity (Wildman–Crippen MR) is 77.9 cm³/mol. The summed E-state index contributed by atoms with van der Waals surface area (Å²) in [6, 6.07) is 5.90. The van der Waals surface area contributed by atoms with Crippen molar-refractivity contribution in [1.29, 1.82) is 0 Å². The Morgan fingerprint density at radius 2 is 2.10 bits per heavy atom. The molecule has 0 fully saturated rings. The van der Waals surface area contributed by atoms with E-state index >= 15 is 0 Å². The summed E-state index contributed by atoms with van der Waals surface area (Å²) in [6.07, 6.45) is 1.86. The van der Waals surface area contributed by atoms with Gasteiger partial charge in [-0.05, 0) is 32.0 Å². The molecular formula is C15H21N3O2. The number of rotatable bonds is 7. The van der Waals surface area contributed by atoms with Gasteiger partial charge in [0.1, 0.15) is 5.75 Å². The Labute approximate surface area is 119 Å². The summed E-state index contributed by atoms with van der Waals surface area (Å²) >= 11 is 0. The third kappa shape index (κ3) is 3.57.